The van der Waals surface area contributed by atoms with Gasteiger partial charge < -0.3 is 19.7 Å². The van der Waals surface area contributed by atoms with E-state index in [0.29, 0.717) is 40.3 Å². The van der Waals surface area contributed by atoms with E-state index in [9.17, 15) is 13.5 Å². The van der Waals surface area contributed by atoms with E-state index in [2.05, 4.69) is 20.3 Å². The van der Waals surface area contributed by atoms with Gasteiger partial charge in [-0.3, -0.25) is 0 Å². The summed E-state index contributed by atoms with van der Waals surface area (Å²) < 4.78 is 47.2. The number of β-amino-alcohol motifs (C(OH)–C–C–N with tert-alkyl or cyclic N) is 1. The maximum Gasteiger partial charge on any atom is 0.223 e. The summed E-state index contributed by atoms with van der Waals surface area (Å²) in [5.41, 5.74) is 1.84. The summed E-state index contributed by atoms with van der Waals surface area (Å²) >= 11 is 0. The molecular formula is C22H29FN6O4S. The molecule has 0 amide bonds. The van der Waals surface area contributed by atoms with Crippen molar-refractivity contribution >= 4 is 27.0 Å². The first-order valence-electron chi connectivity index (χ1n) is 11.0. The van der Waals surface area contributed by atoms with Gasteiger partial charge in [-0.25, -0.2) is 27.8 Å². The number of rotatable bonds is 6. The highest BCUT2D eigenvalue weighted by atomic mass is 32.2. The minimum atomic E-state index is -3.38. The SMILES string of the molecule is COc1cnc(N[C@@H]2CCN(S(C)(=O)=O)C[C@H]2O)nc1-c1cc(F)c2nc(C)n(C(C)C)c2c1. The zero-order valence-corrected chi connectivity index (χ0v) is 20.6. The van der Waals surface area contributed by atoms with Gasteiger partial charge in [-0.15, -0.1) is 0 Å². The van der Waals surface area contributed by atoms with Crippen molar-refractivity contribution in [3.05, 3.63) is 30.0 Å². The zero-order valence-electron chi connectivity index (χ0n) is 19.8. The molecule has 1 fully saturated rings. The van der Waals surface area contributed by atoms with E-state index in [1.54, 1.807) is 0 Å². The molecule has 10 nitrogen and oxygen atoms in total. The van der Waals surface area contributed by atoms with E-state index in [4.69, 9.17) is 4.74 Å². The highest BCUT2D eigenvalue weighted by Gasteiger charge is 2.32. The van der Waals surface area contributed by atoms with Crippen LogP contribution in [0.3, 0.4) is 0 Å². The lowest BCUT2D eigenvalue weighted by atomic mass is 10.0. The lowest BCUT2D eigenvalue weighted by Gasteiger charge is -2.34. The number of nitrogens with one attached hydrogen (secondary N) is 1. The number of piperidine rings is 1. The molecule has 3 aromatic rings. The molecule has 4 rings (SSSR count). The Bertz CT molecular complexity index is 1330. The number of aromatic nitrogens is 4. The quantitative estimate of drug-likeness (QED) is 0.538. The number of nitrogens with zero attached hydrogens (tertiary/aromatic N) is 5. The van der Waals surface area contributed by atoms with Crippen LogP contribution in [-0.4, -0.2) is 75.9 Å². The molecule has 0 aliphatic carbocycles. The number of imidazole rings is 1. The predicted octanol–water partition coefficient (Wildman–Crippen LogP) is 2.34. The molecule has 0 spiro atoms. The van der Waals surface area contributed by atoms with E-state index in [1.165, 1.54) is 23.7 Å². The van der Waals surface area contributed by atoms with Crippen molar-refractivity contribution < 1.29 is 22.7 Å². The molecule has 2 aromatic heterocycles. The van der Waals surface area contributed by atoms with Crippen LogP contribution in [0.15, 0.2) is 18.3 Å². The first-order valence-corrected chi connectivity index (χ1v) is 12.8. The summed E-state index contributed by atoms with van der Waals surface area (Å²) in [6.45, 7) is 6.11. The summed E-state index contributed by atoms with van der Waals surface area (Å²) in [6, 6.07) is 2.84. The smallest absolute Gasteiger partial charge is 0.223 e. The number of halogens is 1. The van der Waals surface area contributed by atoms with Crippen molar-refractivity contribution in [1.82, 2.24) is 23.8 Å². The monoisotopic (exact) mass is 492 g/mol. The molecule has 1 aliphatic heterocycles. The van der Waals surface area contributed by atoms with Crippen LogP contribution in [0.4, 0.5) is 10.3 Å². The van der Waals surface area contributed by atoms with Crippen LogP contribution in [-0.2, 0) is 10.0 Å². The number of aliphatic hydroxyl groups excluding tert-OH is 1. The lowest BCUT2D eigenvalue weighted by Crippen LogP contribution is -2.51. The van der Waals surface area contributed by atoms with Crippen LogP contribution in [0.2, 0.25) is 0 Å². The van der Waals surface area contributed by atoms with Crippen LogP contribution < -0.4 is 10.1 Å². The third kappa shape index (κ3) is 4.57. The van der Waals surface area contributed by atoms with Gasteiger partial charge in [0.1, 0.15) is 17.0 Å². The van der Waals surface area contributed by atoms with Crippen LogP contribution in [0, 0.1) is 12.7 Å². The van der Waals surface area contributed by atoms with Crippen molar-refractivity contribution in [1.29, 1.82) is 0 Å². The molecule has 0 saturated carbocycles. The van der Waals surface area contributed by atoms with Gasteiger partial charge in [-0.2, -0.15) is 4.31 Å². The number of fused-ring (bicyclic) bond motifs is 1. The molecule has 12 heteroatoms. The molecule has 1 aromatic carbocycles. The normalized spacial score (nSPS) is 19.6. The van der Waals surface area contributed by atoms with E-state index in [-0.39, 0.29) is 25.1 Å². The number of aryl methyl sites for hydroxylation is 1. The average molecular weight is 493 g/mol. The second-order valence-electron chi connectivity index (χ2n) is 8.79. The van der Waals surface area contributed by atoms with Crippen LogP contribution in [0.5, 0.6) is 5.75 Å². The van der Waals surface area contributed by atoms with Crippen molar-refractivity contribution in [2.24, 2.45) is 0 Å². The molecule has 34 heavy (non-hydrogen) atoms. The Labute approximate surface area is 197 Å². The Kier molecular flexibility index (Phi) is 6.49. The van der Waals surface area contributed by atoms with Crippen molar-refractivity contribution in [3.63, 3.8) is 0 Å². The van der Waals surface area contributed by atoms with E-state index >= 15 is 4.39 Å². The Balaban J connectivity index is 1.69. The number of methoxy groups -OCH3 is 1. The first kappa shape index (κ1) is 24.3. The van der Waals surface area contributed by atoms with Gasteiger partial charge in [0.05, 0.1) is 37.2 Å². The van der Waals surface area contributed by atoms with Gasteiger partial charge in [0.25, 0.3) is 0 Å². The van der Waals surface area contributed by atoms with Crippen LogP contribution in [0.1, 0.15) is 32.1 Å². The van der Waals surface area contributed by atoms with E-state index in [0.717, 1.165) is 6.26 Å². The number of benzene rings is 1. The van der Waals surface area contributed by atoms with E-state index in [1.807, 2.05) is 31.4 Å². The number of ether oxygens (including phenoxy) is 1. The number of anilines is 1. The Morgan fingerprint density at radius 1 is 1.29 bits per heavy atom. The molecule has 2 atom stereocenters. The maximum absolute atomic E-state index is 15.0. The number of hydrogen-bond donors (Lipinski definition) is 2. The summed E-state index contributed by atoms with van der Waals surface area (Å²) in [5.74, 6) is 0.840. The molecule has 0 bridgehead atoms. The third-order valence-corrected chi connectivity index (χ3v) is 7.29. The second kappa shape index (κ2) is 9.08. The molecule has 0 radical (unpaired) electrons. The fourth-order valence-corrected chi connectivity index (χ4v) is 5.25. The largest absolute Gasteiger partial charge is 0.493 e. The number of hydrogen-bond acceptors (Lipinski definition) is 8. The Morgan fingerprint density at radius 2 is 2.03 bits per heavy atom. The molecule has 2 N–H and O–H groups in total. The standard InChI is InChI=1S/C22H29FN6O4S/c1-12(2)29-13(3)25-21-15(23)8-14(9-17(21)29)20-19(33-4)10-24-22(27-20)26-16-6-7-28(11-18(16)30)34(5,31)32/h8-10,12,16,18,30H,6-7,11H2,1-5H3,(H,24,26,27)/t16-,18-/m1/s1. The van der Waals surface area contributed by atoms with Gasteiger partial charge in [-0.1, -0.05) is 0 Å². The minimum Gasteiger partial charge on any atom is -0.493 e. The predicted molar refractivity (Wildman–Crippen MR) is 127 cm³/mol. The molecule has 184 valence electrons. The zero-order chi connectivity index (χ0) is 24.8. The van der Waals surface area contributed by atoms with Gasteiger partial charge >= 0.3 is 0 Å². The van der Waals surface area contributed by atoms with Crippen molar-refractivity contribution in [2.45, 2.75) is 45.4 Å². The molecule has 0 unspecified atom stereocenters. The third-order valence-electron chi connectivity index (χ3n) is 6.02. The summed E-state index contributed by atoms with van der Waals surface area (Å²) in [4.78, 5) is 13.2. The second-order valence-corrected chi connectivity index (χ2v) is 10.8. The maximum atomic E-state index is 15.0. The first-order chi connectivity index (χ1) is 16.0. The summed E-state index contributed by atoms with van der Waals surface area (Å²) in [6.07, 6.45) is 2.05. The van der Waals surface area contributed by atoms with Gasteiger partial charge in [0.15, 0.2) is 11.6 Å². The topological polar surface area (TPSA) is 122 Å². The lowest BCUT2D eigenvalue weighted by molar-refractivity contribution is 0.0950. The molecule has 3 heterocycles. The molecule has 1 saturated heterocycles. The number of sulfonamides is 1. The summed E-state index contributed by atoms with van der Waals surface area (Å²) in [7, 11) is -1.90. The van der Waals surface area contributed by atoms with E-state index < -0.39 is 28.0 Å². The fraction of sp³-hybridized carbons (Fsp3) is 0.500. The minimum absolute atomic E-state index is 0.0140. The highest BCUT2D eigenvalue weighted by molar-refractivity contribution is 7.88. The Hall–Kier alpha value is -2.83. The fourth-order valence-electron chi connectivity index (χ4n) is 4.39. The average Bonchev–Trinajstić information content (AvgIpc) is 3.11. The van der Waals surface area contributed by atoms with Gasteiger partial charge in [0.2, 0.25) is 16.0 Å². The van der Waals surface area contributed by atoms with Gasteiger partial charge in [-0.05, 0) is 39.3 Å². The van der Waals surface area contributed by atoms with Crippen molar-refractivity contribution in [3.8, 4) is 17.0 Å². The van der Waals surface area contributed by atoms with Crippen LogP contribution >= 0.6 is 0 Å². The van der Waals surface area contributed by atoms with Crippen LogP contribution in [0.25, 0.3) is 22.3 Å². The van der Waals surface area contributed by atoms with Crippen molar-refractivity contribution in [2.75, 3.05) is 31.8 Å². The highest BCUT2D eigenvalue weighted by Crippen LogP contribution is 2.33. The number of aliphatic hydroxyl groups is 1. The Morgan fingerprint density at radius 3 is 2.65 bits per heavy atom. The summed E-state index contributed by atoms with van der Waals surface area (Å²) in [5, 5.41) is 13.6. The molecular weight excluding hydrogens is 463 g/mol. The molecule has 1 aliphatic rings. The van der Waals surface area contributed by atoms with Gasteiger partial charge in [0, 0.05) is 24.7 Å².